The number of benzene rings is 2. The number of sulfone groups is 1. The highest BCUT2D eigenvalue weighted by atomic mass is 35.5. The molecule has 5 nitrogen and oxygen atoms in total. The zero-order chi connectivity index (χ0) is 25.4. The van der Waals surface area contributed by atoms with E-state index in [0.29, 0.717) is 30.9 Å². The molecular formula is C26H32ClF2NO4S. The Morgan fingerprint density at radius 2 is 1.80 bits per heavy atom. The third-order valence-corrected chi connectivity index (χ3v) is 9.14. The summed E-state index contributed by atoms with van der Waals surface area (Å²) in [6, 6.07) is 9.51. The van der Waals surface area contributed by atoms with Crippen LogP contribution in [0.2, 0.25) is 5.02 Å². The van der Waals surface area contributed by atoms with Crippen molar-refractivity contribution in [1.29, 1.82) is 0 Å². The molecule has 192 valence electrons. The summed E-state index contributed by atoms with van der Waals surface area (Å²) >= 11 is 6.06. The molecule has 2 aromatic carbocycles. The van der Waals surface area contributed by atoms with Gasteiger partial charge in [0.15, 0.2) is 11.6 Å². The van der Waals surface area contributed by atoms with Crippen molar-refractivity contribution in [2.45, 2.75) is 56.6 Å². The van der Waals surface area contributed by atoms with E-state index < -0.39 is 38.5 Å². The Morgan fingerprint density at radius 1 is 1.11 bits per heavy atom. The van der Waals surface area contributed by atoms with Gasteiger partial charge in [-0.05, 0) is 69.4 Å². The predicted molar refractivity (Wildman–Crippen MR) is 133 cm³/mol. The molecule has 0 spiro atoms. The highest BCUT2D eigenvalue weighted by Gasteiger charge is 2.53. The Kier molecular flexibility index (Phi) is 7.49. The lowest BCUT2D eigenvalue weighted by atomic mass is 9.60. The van der Waals surface area contributed by atoms with Crippen LogP contribution in [0.25, 0.3) is 0 Å². The van der Waals surface area contributed by atoms with Crippen molar-refractivity contribution in [2.24, 2.45) is 11.7 Å². The molecule has 0 amide bonds. The van der Waals surface area contributed by atoms with E-state index in [1.165, 1.54) is 0 Å². The van der Waals surface area contributed by atoms with Gasteiger partial charge in [-0.15, -0.1) is 0 Å². The molecule has 35 heavy (non-hydrogen) atoms. The molecule has 1 fully saturated rings. The predicted octanol–water partition coefficient (Wildman–Crippen LogP) is 4.83. The molecule has 1 saturated heterocycles. The first-order chi connectivity index (χ1) is 16.4. The highest BCUT2D eigenvalue weighted by Crippen LogP contribution is 2.52. The van der Waals surface area contributed by atoms with Crippen LogP contribution in [0, 0.1) is 17.6 Å². The SMILES string of the molecule is CC(C)(N)CCS(=O)(=O)CC[C@@H]1OCC[C@@]2(Cc3ccc(Cl)cc3)c3c(F)ccc(F)c3OC[C@@H]12. The van der Waals surface area contributed by atoms with E-state index in [9.17, 15) is 12.8 Å². The summed E-state index contributed by atoms with van der Waals surface area (Å²) in [5.41, 5.74) is 5.71. The second-order valence-corrected chi connectivity index (χ2v) is 13.2. The number of nitrogens with two attached hydrogens (primary N) is 1. The van der Waals surface area contributed by atoms with Crippen molar-refractivity contribution in [2.75, 3.05) is 24.7 Å². The highest BCUT2D eigenvalue weighted by molar-refractivity contribution is 7.91. The lowest BCUT2D eigenvalue weighted by Gasteiger charge is -2.51. The molecule has 0 radical (unpaired) electrons. The van der Waals surface area contributed by atoms with Crippen LogP contribution in [0.5, 0.6) is 5.75 Å². The van der Waals surface area contributed by atoms with E-state index in [0.717, 1.165) is 17.7 Å². The van der Waals surface area contributed by atoms with E-state index in [-0.39, 0.29) is 41.8 Å². The summed E-state index contributed by atoms with van der Waals surface area (Å²) in [4.78, 5) is 0. The third-order valence-electron chi connectivity index (χ3n) is 7.21. The zero-order valence-corrected chi connectivity index (χ0v) is 21.6. The van der Waals surface area contributed by atoms with E-state index in [1.54, 1.807) is 26.0 Å². The van der Waals surface area contributed by atoms with Gasteiger partial charge >= 0.3 is 0 Å². The van der Waals surface area contributed by atoms with Gasteiger partial charge in [0, 0.05) is 34.1 Å². The maximum atomic E-state index is 15.3. The molecule has 0 unspecified atom stereocenters. The van der Waals surface area contributed by atoms with Crippen LogP contribution in [0.3, 0.4) is 0 Å². The van der Waals surface area contributed by atoms with Gasteiger partial charge < -0.3 is 15.2 Å². The normalized spacial score (nSPS) is 24.4. The van der Waals surface area contributed by atoms with E-state index >= 15 is 4.39 Å². The molecule has 2 aliphatic rings. The van der Waals surface area contributed by atoms with E-state index in [2.05, 4.69) is 0 Å². The van der Waals surface area contributed by atoms with Crippen LogP contribution in [0.15, 0.2) is 36.4 Å². The summed E-state index contributed by atoms with van der Waals surface area (Å²) < 4.78 is 67.3. The van der Waals surface area contributed by atoms with Crippen LogP contribution in [0.1, 0.15) is 44.2 Å². The second kappa shape index (κ2) is 9.96. The Hall–Kier alpha value is -1.74. The van der Waals surface area contributed by atoms with Crippen LogP contribution < -0.4 is 10.5 Å². The monoisotopic (exact) mass is 527 g/mol. The number of hydrogen-bond donors (Lipinski definition) is 1. The zero-order valence-electron chi connectivity index (χ0n) is 20.0. The first kappa shape index (κ1) is 26.3. The van der Waals surface area contributed by atoms with Gasteiger partial charge in [0.05, 0.1) is 24.2 Å². The van der Waals surface area contributed by atoms with Crippen LogP contribution in [-0.4, -0.2) is 44.8 Å². The van der Waals surface area contributed by atoms with Crippen molar-refractivity contribution in [3.05, 3.63) is 64.2 Å². The van der Waals surface area contributed by atoms with Crippen molar-refractivity contribution in [1.82, 2.24) is 0 Å². The fraction of sp³-hybridized carbons (Fsp3) is 0.538. The molecule has 0 bridgehead atoms. The van der Waals surface area contributed by atoms with Crippen LogP contribution in [0.4, 0.5) is 8.78 Å². The fourth-order valence-corrected chi connectivity index (χ4v) is 7.07. The lowest BCUT2D eigenvalue weighted by Crippen LogP contribution is -2.55. The Morgan fingerprint density at radius 3 is 2.49 bits per heavy atom. The fourth-order valence-electron chi connectivity index (χ4n) is 5.31. The summed E-state index contributed by atoms with van der Waals surface area (Å²) in [5.74, 6) is -1.63. The maximum absolute atomic E-state index is 15.3. The largest absolute Gasteiger partial charge is 0.490 e. The van der Waals surface area contributed by atoms with Gasteiger partial charge in [-0.1, -0.05) is 23.7 Å². The molecule has 4 rings (SSSR count). The minimum Gasteiger partial charge on any atom is -0.490 e. The first-order valence-corrected chi connectivity index (χ1v) is 14.1. The number of hydrogen-bond acceptors (Lipinski definition) is 5. The van der Waals surface area contributed by atoms with Gasteiger partial charge in [-0.3, -0.25) is 0 Å². The lowest BCUT2D eigenvalue weighted by molar-refractivity contribution is -0.0963. The molecule has 0 aliphatic carbocycles. The van der Waals surface area contributed by atoms with Gasteiger partial charge in [0.25, 0.3) is 0 Å². The minimum absolute atomic E-state index is 0.0109. The van der Waals surface area contributed by atoms with Gasteiger partial charge in [0.1, 0.15) is 15.7 Å². The Bertz CT molecular complexity index is 1170. The number of rotatable bonds is 8. The molecule has 0 saturated carbocycles. The van der Waals surface area contributed by atoms with Crippen molar-refractivity contribution >= 4 is 21.4 Å². The number of halogens is 3. The number of ether oxygens (including phenoxy) is 2. The summed E-state index contributed by atoms with van der Waals surface area (Å²) in [6.45, 7) is 4.01. The first-order valence-electron chi connectivity index (χ1n) is 11.9. The maximum Gasteiger partial charge on any atom is 0.165 e. The third kappa shape index (κ3) is 5.82. The smallest absolute Gasteiger partial charge is 0.165 e. The van der Waals surface area contributed by atoms with Gasteiger partial charge in [-0.25, -0.2) is 17.2 Å². The quantitative estimate of drug-likeness (QED) is 0.532. The molecule has 2 N–H and O–H groups in total. The van der Waals surface area contributed by atoms with Crippen molar-refractivity contribution in [3.8, 4) is 5.75 Å². The van der Waals surface area contributed by atoms with Crippen molar-refractivity contribution in [3.63, 3.8) is 0 Å². The molecule has 0 aromatic heterocycles. The molecule has 9 heteroatoms. The summed E-state index contributed by atoms with van der Waals surface area (Å²) in [6.07, 6.45) is 1.01. The summed E-state index contributed by atoms with van der Waals surface area (Å²) in [7, 11) is -3.36. The van der Waals surface area contributed by atoms with E-state index in [4.69, 9.17) is 26.8 Å². The molecule has 2 aliphatic heterocycles. The number of fused-ring (bicyclic) bond motifs is 3. The standard InChI is InChI=1S/C26H32ClF2NO4S/c1-25(2,30)11-14-35(31,32)13-9-22-19-16-34-24-21(29)8-7-20(28)23(24)26(19,10-12-33-22)15-17-3-5-18(27)6-4-17/h3-8,19,22H,9-16,30H2,1-2H3/t19-,22-,26-/m0/s1. The van der Waals surface area contributed by atoms with Gasteiger partial charge in [-0.2, -0.15) is 0 Å². The van der Waals surface area contributed by atoms with Gasteiger partial charge in [0.2, 0.25) is 0 Å². The average Bonchev–Trinajstić information content (AvgIpc) is 2.79. The molecule has 2 aromatic rings. The molecule has 3 atom stereocenters. The topological polar surface area (TPSA) is 78.6 Å². The van der Waals surface area contributed by atoms with E-state index in [1.807, 2.05) is 12.1 Å². The Labute approximate surface area is 210 Å². The molecule has 2 heterocycles. The Balaban J connectivity index is 1.66. The van der Waals surface area contributed by atoms with Crippen LogP contribution >= 0.6 is 11.6 Å². The minimum atomic E-state index is -3.36. The van der Waals surface area contributed by atoms with Crippen molar-refractivity contribution < 1.29 is 26.7 Å². The molecular weight excluding hydrogens is 496 g/mol. The second-order valence-electron chi connectivity index (χ2n) is 10.4. The van der Waals surface area contributed by atoms with Crippen LogP contribution in [-0.2, 0) is 26.4 Å². The summed E-state index contributed by atoms with van der Waals surface area (Å²) in [5, 5.41) is 0.586. The average molecular weight is 528 g/mol.